The van der Waals surface area contributed by atoms with Crippen molar-refractivity contribution in [2.24, 2.45) is 0 Å². The van der Waals surface area contributed by atoms with Gasteiger partial charge in [0.25, 0.3) is 0 Å². The van der Waals surface area contributed by atoms with E-state index in [1.807, 2.05) is 32.0 Å². The number of sulfonamides is 1. The van der Waals surface area contributed by atoms with Gasteiger partial charge in [-0.25, -0.2) is 8.42 Å². The average molecular weight is 298 g/mol. The first kappa shape index (κ1) is 16.5. The third-order valence-corrected chi connectivity index (χ3v) is 4.10. The first-order valence-corrected chi connectivity index (χ1v) is 8.51. The Morgan fingerprint density at radius 1 is 1.30 bits per heavy atom. The Labute approximate surface area is 121 Å². The minimum absolute atomic E-state index is 0.0502. The number of anilines is 1. The second-order valence-corrected chi connectivity index (χ2v) is 6.59. The molecule has 0 aliphatic heterocycles. The fourth-order valence-corrected chi connectivity index (χ4v) is 3.00. The van der Waals surface area contributed by atoms with Crippen molar-refractivity contribution in [3.63, 3.8) is 0 Å². The summed E-state index contributed by atoms with van der Waals surface area (Å²) in [5.41, 5.74) is 1.57. The molecule has 0 aromatic heterocycles. The number of nitrogens with zero attached hydrogens (tertiary/aromatic N) is 1. The lowest BCUT2D eigenvalue weighted by Crippen LogP contribution is -2.32. The summed E-state index contributed by atoms with van der Waals surface area (Å²) in [6, 6.07) is 7.33. The molecule has 0 aliphatic rings. The molecule has 1 N–H and O–H groups in total. The van der Waals surface area contributed by atoms with E-state index in [0.29, 0.717) is 31.6 Å². The number of nitrogens with one attached hydrogen (secondary N) is 1. The highest BCUT2D eigenvalue weighted by atomic mass is 32.2. The summed E-state index contributed by atoms with van der Waals surface area (Å²) in [4.78, 5) is 11.4. The van der Waals surface area contributed by atoms with Crippen molar-refractivity contribution in [3.05, 3.63) is 29.8 Å². The Balaban J connectivity index is 2.78. The van der Waals surface area contributed by atoms with E-state index < -0.39 is 10.0 Å². The van der Waals surface area contributed by atoms with Crippen LogP contribution in [0.2, 0.25) is 0 Å². The van der Waals surface area contributed by atoms with Gasteiger partial charge in [0.2, 0.25) is 15.9 Å². The zero-order valence-electron chi connectivity index (χ0n) is 12.2. The minimum Gasteiger partial charge on any atom is -0.356 e. The minimum atomic E-state index is -3.35. The third-order valence-electron chi connectivity index (χ3n) is 2.92. The maximum absolute atomic E-state index is 11.9. The van der Waals surface area contributed by atoms with Gasteiger partial charge in [-0.3, -0.25) is 9.10 Å². The quantitative estimate of drug-likeness (QED) is 0.833. The van der Waals surface area contributed by atoms with Crippen LogP contribution in [-0.4, -0.2) is 33.7 Å². The predicted octanol–water partition coefficient (Wildman–Crippen LogP) is 1.68. The molecule has 0 heterocycles. The van der Waals surface area contributed by atoms with Gasteiger partial charge in [0.05, 0.1) is 11.9 Å². The molecule has 1 aromatic carbocycles. The lowest BCUT2D eigenvalue weighted by Gasteiger charge is -2.24. The van der Waals surface area contributed by atoms with E-state index in [1.165, 1.54) is 10.6 Å². The van der Waals surface area contributed by atoms with Gasteiger partial charge in [0.15, 0.2) is 0 Å². The van der Waals surface area contributed by atoms with Crippen LogP contribution < -0.4 is 9.62 Å². The van der Waals surface area contributed by atoms with Gasteiger partial charge in [-0.05, 0) is 31.9 Å². The van der Waals surface area contributed by atoms with Crippen LogP contribution in [0.1, 0.15) is 25.3 Å². The number of para-hydroxylation sites is 1. The van der Waals surface area contributed by atoms with Crippen molar-refractivity contribution in [2.75, 3.05) is 23.7 Å². The standard InChI is InChI=1S/C14H22N2O3S/c1-4-15-14(17)10-7-11-16(20(3,18)19)13-9-6-5-8-12(13)2/h5-6,8-9H,4,7,10-11H2,1-3H3,(H,15,17). The molecule has 1 amide bonds. The SMILES string of the molecule is CCNC(=O)CCCN(c1ccccc1C)S(C)(=O)=O. The first-order chi connectivity index (χ1) is 9.36. The van der Waals surface area contributed by atoms with Crippen LogP contribution in [0.15, 0.2) is 24.3 Å². The molecule has 6 heteroatoms. The summed E-state index contributed by atoms with van der Waals surface area (Å²) >= 11 is 0. The fraction of sp³-hybridized carbons (Fsp3) is 0.500. The summed E-state index contributed by atoms with van der Waals surface area (Å²) in [5, 5.41) is 2.70. The van der Waals surface area contributed by atoms with Gasteiger partial charge in [0.1, 0.15) is 0 Å². The molecule has 1 aromatic rings. The van der Waals surface area contributed by atoms with Crippen molar-refractivity contribution >= 4 is 21.6 Å². The van der Waals surface area contributed by atoms with Crippen LogP contribution in [0, 0.1) is 6.92 Å². The second-order valence-electron chi connectivity index (χ2n) is 4.68. The number of carbonyl (C=O) groups is 1. The van der Waals surface area contributed by atoms with Crippen molar-refractivity contribution in [1.82, 2.24) is 5.32 Å². The van der Waals surface area contributed by atoms with Crippen molar-refractivity contribution in [1.29, 1.82) is 0 Å². The topological polar surface area (TPSA) is 66.5 Å². The van der Waals surface area contributed by atoms with Gasteiger partial charge >= 0.3 is 0 Å². The molecule has 0 saturated carbocycles. The van der Waals surface area contributed by atoms with E-state index in [2.05, 4.69) is 5.32 Å². The maximum atomic E-state index is 11.9. The van der Waals surface area contributed by atoms with Crippen LogP contribution in [0.5, 0.6) is 0 Å². The normalized spacial score (nSPS) is 11.2. The molecule has 0 atom stereocenters. The van der Waals surface area contributed by atoms with Crippen LogP contribution in [-0.2, 0) is 14.8 Å². The van der Waals surface area contributed by atoms with Gasteiger partial charge < -0.3 is 5.32 Å². The number of amides is 1. The number of hydrogen-bond acceptors (Lipinski definition) is 3. The van der Waals surface area contributed by atoms with Crippen molar-refractivity contribution in [2.45, 2.75) is 26.7 Å². The summed E-state index contributed by atoms with van der Waals surface area (Å²) < 4.78 is 25.2. The number of benzene rings is 1. The molecule has 0 fully saturated rings. The van der Waals surface area contributed by atoms with E-state index in [4.69, 9.17) is 0 Å². The summed E-state index contributed by atoms with van der Waals surface area (Å²) in [6.45, 7) is 4.62. The number of rotatable bonds is 7. The molecule has 20 heavy (non-hydrogen) atoms. The average Bonchev–Trinajstić information content (AvgIpc) is 2.35. The summed E-state index contributed by atoms with van der Waals surface area (Å²) in [5.74, 6) is -0.0502. The molecule has 112 valence electrons. The molecule has 0 unspecified atom stereocenters. The largest absolute Gasteiger partial charge is 0.356 e. The number of carbonyl (C=O) groups excluding carboxylic acids is 1. The highest BCUT2D eigenvalue weighted by Crippen LogP contribution is 2.22. The molecular formula is C14H22N2O3S. The maximum Gasteiger partial charge on any atom is 0.232 e. The highest BCUT2D eigenvalue weighted by molar-refractivity contribution is 7.92. The monoisotopic (exact) mass is 298 g/mol. The molecule has 1 rings (SSSR count). The zero-order valence-corrected chi connectivity index (χ0v) is 13.0. The smallest absolute Gasteiger partial charge is 0.232 e. The zero-order chi connectivity index (χ0) is 15.2. The second kappa shape index (κ2) is 7.28. The Kier molecular flexibility index (Phi) is 6.01. The van der Waals surface area contributed by atoms with Gasteiger partial charge in [0, 0.05) is 19.5 Å². The predicted molar refractivity (Wildman–Crippen MR) is 81.3 cm³/mol. The number of hydrogen-bond donors (Lipinski definition) is 1. The third kappa shape index (κ3) is 4.85. The Morgan fingerprint density at radius 3 is 2.50 bits per heavy atom. The Hall–Kier alpha value is -1.56. The van der Waals surface area contributed by atoms with Gasteiger partial charge in [-0.2, -0.15) is 0 Å². The van der Waals surface area contributed by atoms with Crippen LogP contribution in [0.25, 0.3) is 0 Å². The van der Waals surface area contributed by atoms with Gasteiger partial charge in [-0.15, -0.1) is 0 Å². The van der Waals surface area contributed by atoms with Crippen LogP contribution in [0.3, 0.4) is 0 Å². The summed E-state index contributed by atoms with van der Waals surface area (Å²) in [7, 11) is -3.35. The van der Waals surface area contributed by atoms with Crippen LogP contribution in [0.4, 0.5) is 5.69 Å². The van der Waals surface area contributed by atoms with E-state index in [9.17, 15) is 13.2 Å². The number of aryl methyl sites for hydroxylation is 1. The molecule has 0 spiro atoms. The lowest BCUT2D eigenvalue weighted by molar-refractivity contribution is -0.121. The Bertz CT molecular complexity index is 555. The van der Waals surface area contributed by atoms with Gasteiger partial charge in [-0.1, -0.05) is 18.2 Å². The molecular weight excluding hydrogens is 276 g/mol. The van der Waals surface area contributed by atoms with E-state index in [0.717, 1.165) is 5.56 Å². The summed E-state index contributed by atoms with van der Waals surface area (Å²) in [6.07, 6.45) is 2.00. The molecule has 5 nitrogen and oxygen atoms in total. The van der Waals surface area contributed by atoms with E-state index in [-0.39, 0.29) is 5.91 Å². The fourth-order valence-electron chi connectivity index (χ4n) is 1.98. The van der Waals surface area contributed by atoms with Crippen molar-refractivity contribution < 1.29 is 13.2 Å². The first-order valence-electron chi connectivity index (χ1n) is 6.66. The molecule has 0 saturated heterocycles. The van der Waals surface area contributed by atoms with Crippen molar-refractivity contribution in [3.8, 4) is 0 Å². The molecule has 0 bridgehead atoms. The Morgan fingerprint density at radius 2 is 1.95 bits per heavy atom. The lowest BCUT2D eigenvalue weighted by atomic mass is 10.2. The molecule has 0 radical (unpaired) electrons. The van der Waals surface area contributed by atoms with E-state index in [1.54, 1.807) is 6.07 Å². The van der Waals surface area contributed by atoms with Crippen LogP contribution >= 0.6 is 0 Å². The molecule has 0 aliphatic carbocycles. The van der Waals surface area contributed by atoms with E-state index >= 15 is 0 Å². The highest BCUT2D eigenvalue weighted by Gasteiger charge is 2.18.